The van der Waals surface area contributed by atoms with Gasteiger partial charge in [-0.05, 0) is 25.1 Å². The van der Waals surface area contributed by atoms with Crippen LogP contribution in [0.25, 0.3) is 11.0 Å². The minimum absolute atomic E-state index is 0.548. The van der Waals surface area contributed by atoms with Gasteiger partial charge >= 0.3 is 0 Å². The standard InChI is InChI=1S/C16H21N3O/c1-4-9-17-10-8-16-18-14-12-13(20-3)6-7-15(14)19(16)11-5-2/h2,6-7,12,17H,4,8-11H2,1,3H3. The molecular weight excluding hydrogens is 250 g/mol. The molecule has 0 aliphatic carbocycles. The van der Waals surface area contributed by atoms with Crippen molar-refractivity contribution in [3.05, 3.63) is 24.0 Å². The number of fused-ring (bicyclic) bond motifs is 1. The zero-order valence-electron chi connectivity index (χ0n) is 12.1. The number of benzene rings is 1. The van der Waals surface area contributed by atoms with E-state index in [0.717, 1.165) is 48.5 Å². The summed E-state index contributed by atoms with van der Waals surface area (Å²) in [7, 11) is 1.66. The van der Waals surface area contributed by atoms with E-state index in [1.165, 1.54) is 0 Å². The number of nitrogens with one attached hydrogen (secondary N) is 1. The molecule has 1 heterocycles. The second-order valence-corrected chi connectivity index (χ2v) is 4.67. The van der Waals surface area contributed by atoms with Gasteiger partial charge in [-0.2, -0.15) is 0 Å². The lowest BCUT2D eigenvalue weighted by Crippen LogP contribution is -2.19. The predicted molar refractivity (Wildman–Crippen MR) is 82.0 cm³/mol. The fourth-order valence-corrected chi connectivity index (χ4v) is 2.25. The maximum atomic E-state index is 5.47. The summed E-state index contributed by atoms with van der Waals surface area (Å²) in [5, 5.41) is 3.39. The Morgan fingerprint density at radius 3 is 2.95 bits per heavy atom. The normalized spacial score (nSPS) is 10.7. The zero-order valence-corrected chi connectivity index (χ0v) is 12.1. The summed E-state index contributed by atoms with van der Waals surface area (Å²) < 4.78 is 7.34. The van der Waals surface area contributed by atoms with E-state index in [9.17, 15) is 0 Å². The minimum Gasteiger partial charge on any atom is -0.497 e. The van der Waals surface area contributed by atoms with Crippen LogP contribution < -0.4 is 10.1 Å². The first-order valence-electron chi connectivity index (χ1n) is 6.97. The Morgan fingerprint density at radius 2 is 2.25 bits per heavy atom. The van der Waals surface area contributed by atoms with Gasteiger partial charge in [0.1, 0.15) is 11.6 Å². The van der Waals surface area contributed by atoms with Crippen LogP contribution in [0.2, 0.25) is 0 Å². The molecule has 20 heavy (non-hydrogen) atoms. The van der Waals surface area contributed by atoms with Gasteiger partial charge in [0.25, 0.3) is 0 Å². The number of rotatable bonds is 7. The fourth-order valence-electron chi connectivity index (χ4n) is 2.25. The molecule has 1 N–H and O–H groups in total. The smallest absolute Gasteiger partial charge is 0.121 e. The SMILES string of the molecule is C#CCn1c(CCNCCC)nc2cc(OC)ccc21. The van der Waals surface area contributed by atoms with E-state index in [2.05, 4.69) is 27.7 Å². The number of aromatic nitrogens is 2. The van der Waals surface area contributed by atoms with Gasteiger partial charge in [-0.25, -0.2) is 4.98 Å². The maximum absolute atomic E-state index is 5.47. The highest BCUT2D eigenvalue weighted by atomic mass is 16.5. The van der Waals surface area contributed by atoms with Crippen LogP contribution in [0.5, 0.6) is 5.75 Å². The fraction of sp³-hybridized carbons (Fsp3) is 0.438. The van der Waals surface area contributed by atoms with E-state index in [1.54, 1.807) is 7.11 Å². The molecule has 0 aliphatic heterocycles. The maximum Gasteiger partial charge on any atom is 0.121 e. The molecule has 2 aromatic rings. The van der Waals surface area contributed by atoms with Crippen molar-refractivity contribution in [3.63, 3.8) is 0 Å². The summed E-state index contributed by atoms with van der Waals surface area (Å²) in [6.07, 6.45) is 7.48. The number of hydrogen-bond donors (Lipinski definition) is 1. The Kier molecular flexibility index (Phi) is 5.03. The van der Waals surface area contributed by atoms with Crippen LogP contribution >= 0.6 is 0 Å². The van der Waals surface area contributed by atoms with Gasteiger partial charge in [0.15, 0.2) is 0 Å². The molecule has 0 unspecified atom stereocenters. The third kappa shape index (κ3) is 3.12. The molecule has 2 rings (SSSR count). The average molecular weight is 271 g/mol. The first-order valence-corrected chi connectivity index (χ1v) is 6.97. The van der Waals surface area contributed by atoms with Crippen LogP contribution in [0.3, 0.4) is 0 Å². The van der Waals surface area contributed by atoms with Gasteiger partial charge in [-0.3, -0.25) is 0 Å². The highest BCUT2D eigenvalue weighted by molar-refractivity contribution is 5.78. The van der Waals surface area contributed by atoms with E-state index < -0.39 is 0 Å². The number of terminal acetylenes is 1. The molecule has 0 amide bonds. The van der Waals surface area contributed by atoms with E-state index in [1.807, 2.05) is 18.2 Å². The second kappa shape index (κ2) is 6.97. The van der Waals surface area contributed by atoms with Crippen molar-refractivity contribution in [2.75, 3.05) is 20.2 Å². The number of imidazole rings is 1. The van der Waals surface area contributed by atoms with Crippen LogP contribution in [0.1, 0.15) is 19.2 Å². The molecule has 4 heteroatoms. The molecule has 1 aromatic heterocycles. The lowest BCUT2D eigenvalue weighted by Gasteiger charge is -2.06. The van der Waals surface area contributed by atoms with Crippen molar-refractivity contribution in [1.82, 2.24) is 14.9 Å². The summed E-state index contributed by atoms with van der Waals surface area (Å²) in [6, 6.07) is 5.91. The Morgan fingerprint density at radius 1 is 1.40 bits per heavy atom. The minimum atomic E-state index is 0.548. The van der Waals surface area contributed by atoms with Crippen molar-refractivity contribution in [3.8, 4) is 18.1 Å². The molecule has 0 saturated heterocycles. The predicted octanol–water partition coefficient (Wildman–Crippen LogP) is 2.22. The topological polar surface area (TPSA) is 39.1 Å². The van der Waals surface area contributed by atoms with Crippen molar-refractivity contribution in [2.45, 2.75) is 26.3 Å². The van der Waals surface area contributed by atoms with Crippen LogP contribution in [0, 0.1) is 12.3 Å². The first-order chi connectivity index (χ1) is 9.80. The number of hydrogen-bond acceptors (Lipinski definition) is 3. The van der Waals surface area contributed by atoms with Crippen LogP contribution in [-0.4, -0.2) is 29.8 Å². The van der Waals surface area contributed by atoms with Gasteiger partial charge in [0.2, 0.25) is 0 Å². The third-order valence-corrected chi connectivity index (χ3v) is 3.24. The van der Waals surface area contributed by atoms with Crippen molar-refractivity contribution in [2.24, 2.45) is 0 Å². The Hall–Kier alpha value is -1.99. The molecule has 4 nitrogen and oxygen atoms in total. The van der Waals surface area contributed by atoms with E-state index in [4.69, 9.17) is 11.2 Å². The molecule has 0 aliphatic rings. The van der Waals surface area contributed by atoms with Crippen LogP contribution in [0.4, 0.5) is 0 Å². The number of nitrogens with zero attached hydrogens (tertiary/aromatic N) is 2. The summed E-state index contributed by atoms with van der Waals surface area (Å²) in [4.78, 5) is 4.68. The third-order valence-electron chi connectivity index (χ3n) is 3.24. The molecular formula is C16H21N3O. The van der Waals surface area contributed by atoms with Gasteiger partial charge in [-0.15, -0.1) is 6.42 Å². The first kappa shape index (κ1) is 14.4. The number of methoxy groups -OCH3 is 1. The Labute approximate surface area is 120 Å². The molecule has 1 aromatic carbocycles. The van der Waals surface area contributed by atoms with E-state index >= 15 is 0 Å². The highest BCUT2D eigenvalue weighted by Gasteiger charge is 2.10. The lowest BCUT2D eigenvalue weighted by atomic mass is 10.3. The zero-order chi connectivity index (χ0) is 14.4. The largest absolute Gasteiger partial charge is 0.497 e. The van der Waals surface area contributed by atoms with Crippen LogP contribution in [-0.2, 0) is 13.0 Å². The second-order valence-electron chi connectivity index (χ2n) is 4.67. The number of ether oxygens (including phenoxy) is 1. The molecule has 106 valence electrons. The van der Waals surface area contributed by atoms with Gasteiger partial charge in [0, 0.05) is 19.0 Å². The van der Waals surface area contributed by atoms with Gasteiger partial charge in [0.05, 0.1) is 24.7 Å². The summed E-state index contributed by atoms with van der Waals surface area (Å²) >= 11 is 0. The molecule has 0 radical (unpaired) electrons. The van der Waals surface area contributed by atoms with E-state index in [0.29, 0.717) is 6.54 Å². The van der Waals surface area contributed by atoms with Gasteiger partial charge < -0.3 is 14.6 Å². The van der Waals surface area contributed by atoms with Crippen molar-refractivity contribution >= 4 is 11.0 Å². The summed E-state index contributed by atoms with van der Waals surface area (Å²) in [5.74, 6) is 4.55. The monoisotopic (exact) mass is 271 g/mol. The van der Waals surface area contributed by atoms with Crippen LogP contribution in [0.15, 0.2) is 18.2 Å². The van der Waals surface area contributed by atoms with Gasteiger partial charge in [-0.1, -0.05) is 12.8 Å². The quantitative estimate of drug-likeness (QED) is 0.620. The molecule has 0 atom stereocenters. The Bertz CT molecular complexity index is 610. The average Bonchev–Trinajstić information content (AvgIpc) is 2.81. The van der Waals surface area contributed by atoms with E-state index in [-0.39, 0.29) is 0 Å². The van der Waals surface area contributed by atoms with Crippen molar-refractivity contribution < 1.29 is 4.74 Å². The molecule has 0 spiro atoms. The summed E-state index contributed by atoms with van der Waals surface area (Å²) in [5.41, 5.74) is 2.00. The highest BCUT2D eigenvalue weighted by Crippen LogP contribution is 2.21. The van der Waals surface area contributed by atoms with Crippen molar-refractivity contribution in [1.29, 1.82) is 0 Å². The summed E-state index contributed by atoms with van der Waals surface area (Å²) in [6.45, 7) is 4.65. The molecule has 0 fully saturated rings. The molecule has 0 saturated carbocycles. The lowest BCUT2D eigenvalue weighted by molar-refractivity contribution is 0.415. The molecule has 0 bridgehead atoms. The Balaban J connectivity index is 2.27.